The van der Waals surface area contributed by atoms with Crippen molar-refractivity contribution in [3.05, 3.63) is 18.2 Å². The molecular weight excluding hydrogens is 218 g/mol. The number of fused-ring (bicyclic) bond motifs is 1. The fourth-order valence-electron chi connectivity index (χ4n) is 2.19. The van der Waals surface area contributed by atoms with Crippen LogP contribution in [0.2, 0.25) is 0 Å². The Bertz CT molecular complexity index is 517. The molecule has 0 bridgehead atoms. The van der Waals surface area contributed by atoms with Gasteiger partial charge in [-0.2, -0.15) is 0 Å². The maximum Gasteiger partial charge on any atom is 0.235 e. The van der Waals surface area contributed by atoms with Gasteiger partial charge in [0.25, 0.3) is 0 Å². The van der Waals surface area contributed by atoms with Gasteiger partial charge in [0.2, 0.25) is 5.88 Å². The standard InChI is InChI=1S/C12H15N3O2/c1-16-10-4-2-3-9-11(10)14-17-12(9)15-7-5-13-6-8-15/h2-4,13H,5-8H2,1H3. The molecule has 1 fully saturated rings. The minimum Gasteiger partial charge on any atom is -0.494 e. The molecule has 5 nitrogen and oxygen atoms in total. The summed E-state index contributed by atoms with van der Waals surface area (Å²) in [6, 6.07) is 5.88. The summed E-state index contributed by atoms with van der Waals surface area (Å²) in [6.07, 6.45) is 0. The molecule has 0 spiro atoms. The largest absolute Gasteiger partial charge is 0.494 e. The highest BCUT2D eigenvalue weighted by Crippen LogP contribution is 2.32. The molecule has 0 atom stereocenters. The fourth-order valence-corrected chi connectivity index (χ4v) is 2.19. The summed E-state index contributed by atoms with van der Waals surface area (Å²) in [7, 11) is 1.65. The van der Waals surface area contributed by atoms with Gasteiger partial charge in [-0.05, 0) is 12.1 Å². The Morgan fingerprint density at radius 1 is 1.35 bits per heavy atom. The summed E-state index contributed by atoms with van der Waals surface area (Å²) >= 11 is 0. The quantitative estimate of drug-likeness (QED) is 0.846. The van der Waals surface area contributed by atoms with Gasteiger partial charge in [-0.3, -0.25) is 0 Å². The lowest BCUT2D eigenvalue weighted by Crippen LogP contribution is -2.43. The summed E-state index contributed by atoms with van der Waals surface area (Å²) in [5.41, 5.74) is 0.795. The Morgan fingerprint density at radius 2 is 2.18 bits per heavy atom. The van der Waals surface area contributed by atoms with Crippen molar-refractivity contribution >= 4 is 16.8 Å². The zero-order valence-electron chi connectivity index (χ0n) is 9.77. The van der Waals surface area contributed by atoms with E-state index in [0.717, 1.165) is 48.7 Å². The lowest BCUT2D eigenvalue weighted by atomic mass is 10.2. The number of nitrogens with one attached hydrogen (secondary N) is 1. The normalized spacial score (nSPS) is 16.4. The van der Waals surface area contributed by atoms with E-state index in [2.05, 4.69) is 15.4 Å². The first kappa shape index (κ1) is 10.4. The van der Waals surface area contributed by atoms with Crippen LogP contribution in [0.5, 0.6) is 5.75 Å². The maximum atomic E-state index is 5.47. The fraction of sp³-hybridized carbons (Fsp3) is 0.417. The van der Waals surface area contributed by atoms with Crippen LogP contribution in [-0.2, 0) is 0 Å². The second kappa shape index (κ2) is 4.25. The highest BCUT2D eigenvalue weighted by Gasteiger charge is 2.19. The Labute approximate surface area is 99.3 Å². The number of rotatable bonds is 2. The van der Waals surface area contributed by atoms with E-state index in [1.807, 2.05) is 18.2 Å². The predicted octanol–water partition coefficient (Wildman–Crippen LogP) is 1.25. The molecule has 90 valence electrons. The van der Waals surface area contributed by atoms with E-state index >= 15 is 0 Å². The third-order valence-electron chi connectivity index (χ3n) is 3.08. The molecule has 5 heteroatoms. The molecule has 1 aromatic carbocycles. The van der Waals surface area contributed by atoms with Crippen LogP contribution in [0.4, 0.5) is 5.88 Å². The lowest BCUT2D eigenvalue weighted by molar-refractivity contribution is 0.400. The van der Waals surface area contributed by atoms with E-state index in [1.54, 1.807) is 7.11 Å². The molecule has 1 N–H and O–H groups in total. The number of aromatic nitrogens is 1. The molecule has 0 amide bonds. The molecule has 0 aliphatic carbocycles. The van der Waals surface area contributed by atoms with E-state index in [-0.39, 0.29) is 0 Å². The minimum atomic E-state index is 0.757. The monoisotopic (exact) mass is 233 g/mol. The van der Waals surface area contributed by atoms with Crippen LogP contribution in [0.3, 0.4) is 0 Å². The van der Waals surface area contributed by atoms with Crippen LogP contribution >= 0.6 is 0 Å². The first-order valence-electron chi connectivity index (χ1n) is 5.78. The number of ether oxygens (including phenoxy) is 1. The van der Waals surface area contributed by atoms with Crippen LogP contribution in [0, 0.1) is 0 Å². The molecule has 1 saturated heterocycles. The summed E-state index contributed by atoms with van der Waals surface area (Å²) in [5, 5.41) is 8.44. The van der Waals surface area contributed by atoms with Gasteiger partial charge in [-0.25, -0.2) is 0 Å². The zero-order valence-corrected chi connectivity index (χ0v) is 9.77. The highest BCUT2D eigenvalue weighted by molar-refractivity contribution is 5.92. The number of benzene rings is 1. The Hall–Kier alpha value is -1.75. The van der Waals surface area contributed by atoms with Crippen LogP contribution in [-0.4, -0.2) is 38.4 Å². The molecule has 1 aromatic heterocycles. The SMILES string of the molecule is COc1cccc2c(N3CCNCC3)onc12. The minimum absolute atomic E-state index is 0.757. The van der Waals surface area contributed by atoms with E-state index in [4.69, 9.17) is 9.26 Å². The van der Waals surface area contributed by atoms with Crippen molar-refractivity contribution < 1.29 is 9.26 Å². The topological polar surface area (TPSA) is 50.5 Å². The van der Waals surface area contributed by atoms with Crippen LogP contribution in [0.15, 0.2) is 22.7 Å². The van der Waals surface area contributed by atoms with Crippen LogP contribution in [0.25, 0.3) is 10.9 Å². The number of piperazine rings is 1. The molecule has 1 aliphatic rings. The second-order valence-corrected chi connectivity index (χ2v) is 4.08. The van der Waals surface area contributed by atoms with Gasteiger partial charge in [0.15, 0.2) is 5.52 Å². The molecule has 0 saturated carbocycles. The average molecular weight is 233 g/mol. The van der Waals surface area contributed by atoms with Gasteiger partial charge in [-0.1, -0.05) is 11.2 Å². The van der Waals surface area contributed by atoms with E-state index in [0.29, 0.717) is 0 Å². The van der Waals surface area contributed by atoms with Gasteiger partial charge < -0.3 is 19.5 Å². The summed E-state index contributed by atoms with van der Waals surface area (Å²) in [4.78, 5) is 2.21. The molecular formula is C12H15N3O2. The second-order valence-electron chi connectivity index (χ2n) is 4.08. The van der Waals surface area contributed by atoms with Crippen molar-refractivity contribution in [3.63, 3.8) is 0 Å². The van der Waals surface area contributed by atoms with Gasteiger partial charge in [0.1, 0.15) is 5.75 Å². The Morgan fingerprint density at radius 3 is 2.94 bits per heavy atom. The van der Waals surface area contributed by atoms with Gasteiger partial charge >= 0.3 is 0 Å². The van der Waals surface area contributed by atoms with Crippen molar-refractivity contribution in [3.8, 4) is 5.75 Å². The third-order valence-corrected chi connectivity index (χ3v) is 3.08. The lowest BCUT2D eigenvalue weighted by Gasteiger charge is -2.26. The first-order chi connectivity index (χ1) is 8.40. The van der Waals surface area contributed by atoms with Crippen molar-refractivity contribution in [2.24, 2.45) is 0 Å². The third kappa shape index (κ3) is 1.72. The van der Waals surface area contributed by atoms with Crippen molar-refractivity contribution in [1.29, 1.82) is 0 Å². The van der Waals surface area contributed by atoms with Crippen LogP contribution < -0.4 is 15.0 Å². The first-order valence-corrected chi connectivity index (χ1v) is 5.78. The van der Waals surface area contributed by atoms with Crippen molar-refractivity contribution in [2.75, 3.05) is 38.2 Å². The predicted molar refractivity (Wildman–Crippen MR) is 65.6 cm³/mol. The molecule has 1 aliphatic heterocycles. The smallest absolute Gasteiger partial charge is 0.235 e. The molecule has 3 rings (SSSR count). The number of nitrogens with zero attached hydrogens (tertiary/aromatic N) is 2. The van der Waals surface area contributed by atoms with Gasteiger partial charge in [0, 0.05) is 26.2 Å². The van der Waals surface area contributed by atoms with Crippen molar-refractivity contribution in [2.45, 2.75) is 0 Å². The Kier molecular flexibility index (Phi) is 2.60. The van der Waals surface area contributed by atoms with Crippen LogP contribution in [0.1, 0.15) is 0 Å². The van der Waals surface area contributed by atoms with Gasteiger partial charge in [0.05, 0.1) is 12.5 Å². The number of hydrogen-bond donors (Lipinski definition) is 1. The Balaban J connectivity index is 2.05. The number of anilines is 1. The van der Waals surface area contributed by atoms with Crippen molar-refractivity contribution in [1.82, 2.24) is 10.5 Å². The summed E-state index contributed by atoms with van der Waals surface area (Å²) in [5.74, 6) is 1.60. The summed E-state index contributed by atoms with van der Waals surface area (Å²) in [6.45, 7) is 3.85. The number of hydrogen-bond acceptors (Lipinski definition) is 5. The molecule has 2 heterocycles. The van der Waals surface area contributed by atoms with E-state index < -0.39 is 0 Å². The van der Waals surface area contributed by atoms with E-state index in [1.165, 1.54) is 0 Å². The summed E-state index contributed by atoms with van der Waals surface area (Å²) < 4.78 is 10.7. The zero-order chi connectivity index (χ0) is 11.7. The molecule has 0 unspecified atom stereocenters. The molecule has 2 aromatic rings. The van der Waals surface area contributed by atoms with Gasteiger partial charge in [-0.15, -0.1) is 0 Å². The van der Waals surface area contributed by atoms with E-state index in [9.17, 15) is 0 Å². The molecule has 0 radical (unpaired) electrons. The number of methoxy groups -OCH3 is 1. The maximum absolute atomic E-state index is 5.47. The molecule has 17 heavy (non-hydrogen) atoms. The highest BCUT2D eigenvalue weighted by atomic mass is 16.5. The average Bonchev–Trinajstić information content (AvgIpc) is 2.83.